The van der Waals surface area contributed by atoms with Crippen LogP contribution in [0.25, 0.3) is 0 Å². The van der Waals surface area contributed by atoms with Gasteiger partial charge in [0.15, 0.2) is 0 Å². The number of aryl methyl sites for hydroxylation is 1. The summed E-state index contributed by atoms with van der Waals surface area (Å²) in [6, 6.07) is 12.0. The lowest BCUT2D eigenvalue weighted by molar-refractivity contribution is 0.0611. The Labute approximate surface area is 170 Å². The number of pyridine rings is 1. The third-order valence-corrected chi connectivity index (χ3v) is 5.65. The topological polar surface area (TPSA) is 51.0 Å². The van der Waals surface area contributed by atoms with Crippen molar-refractivity contribution in [3.8, 4) is 0 Å². The fourth-order valence-corrected chi connectivity index (χ4v) is 4.00. The number of amides is 1. The number of piperidine rings is 1. The molecule has 6 heteroatoms. The molecule has 1 aromatic carbocycles. The van der Waals surface area contributed by atoms with E-state index in [-0.39, 0.29) is 11.9 Å². The second-order valence-corrected chi connectivity index (χ2v) is 7.67. The Morgan fingerprint density at radius 2 is 2.04 bits per heavy atom. The highest BCUT2D eigenvalue weighted by Gasteiger charge is 2.29. The van der Waals surface area contributed by atoms with Crippen LogP contribution in [-0.4, -0.2) is 32.1 Å². The summed E-state index contributed by atoms with van der Waals surface area (Å²) in [5.74, 6) is 0.0398. The van der Waals surface area contributed by atoms with Crippen LogP contribution in [0.5, 0.6) is 0 Å². The fourth-order valence-electron chi connectivity index (χ4n) is 3.79. The van der Waals surface area contributed by atoms with Gasteiger partial charge < -0.3 is 4.90 Å². The van der Waals surface area contributed by atoms with Crippen LogP contribution in [0.15, 0.2) is 55.0 Å². The molecule has 0 aliphatic carbocycles. The van der Waals surface area contributed by atoms with E-state index in [9.17, 15) is 4.79 Å². The van der Waals surface area contributed by atoms with E-state index >= 15 is 0 Å². The molecule has 0 spiro atoms. The van der Waals surface area contributed by atoms with Crippen molar-refractivity contribution in [2.24, 2.45) is 7.05 Å². The number of hydrogen-bond donors (Lipinski definition) is 0. The third-order valence-electron chi connectivity index (χ3n) is 5.28. The van der Waals surface area contributed by atoms with Crippen molar-refractivity contribution in [3.05, 3.63) is 82.4 Å². The van der Waals surface area contributed by atoms with Crippen LogP contribution in [0.2, 0.25) is 5.02 Å². The van der Waals surface area contributed by atoms with Gasteiger partial charge in [-0.3, -0.25) is 14.5 Å². The molecule has 3 heterocycles. The highest BCUT2D eigenvalue weighted by atomic mass is 35.5. The lowest BCUT2D eigenvalue weighted by Crippen LogP contribution is -2.38. The zero-order chi connectivity index (χ0) is 19.5. The molecule has 0 unspecified atom stereocenters. The number of carbonyl (C=O) groups is 1. The molecule has 144 valence electrons. The predicted molar refractivity (Wildman–Crippen MR) is 109 cm³/mol. The van der Waals surface area contributed by atoms with E-state index in [2.05, 4.69) is 16.1 Å². The van der Waals surface area contributed by atoms with Crippen molar-refractivity contribution in [2.75, 3.05) is 6.54 Å². The SMILES string of the molecule is Cn1cc(C(=O)N2CCCC[C@@H]2c2ccc(Cc3ccccc3Cl)nc2)cn1. The molecule has 2 aromatic heterocycles. The van der Waals surface area contributed by atoms with Crippen LogP contribution in [0.3, 0.4) is 0 Å². The first-order chi connectivity index (χ1) is 13.6. The highest BCUT2D eigenvalue weighted by Crippen LogP contribution is 2.32. The van der Waals surface area contributed by atoms with Gasteiger partial charge in [0, 0.05) is 43.1 Å². The van der Waals surface area contributed by atoms with E-state index in [4.69, 9.17) is 11.6 Å². The molecule has 0 bridgehead atoms. The number of likely N-dealkylation sites (tertiary alicyclic amines) is 1. The molecule has 28 heavy (non-hydrogen) atoms. The van der Waals surface area contributed by atoms with E-state index in [1.165, 1.54) is 0 Å². The van der Waals surface area contributed by atoms with Gasteiger partial charge in [-0.25, -0.2) is 0 Å². The number of nitrogens with zero attached hydrogens (tertiary/aromatic N) is 4. The molecule has 1 saturated heterocycles. The summed E-state index contributed by atoms with van der Waals surface area (Å²) < 4.78 is 1.66. The smallest absolute Gasteiger partial charge is 0.257 e. The monoisotopic (exact) mass is 394 g/mol. The summed E-state index contributed by atoms with van der Waals surface area (Å²) >= 11 is 6.26. The Hall–Kier alpha value is -2.66. The first-order valence-electron chi connectivity index (χ1n) is 9.59. The average molecular weight is 395 g/mol. The number of rotatable bonds is 4. The van der Waals surface area contributed by atoms with Crippen molar-refractivity contribution >= 4 is 17.5 Å². The lowest BCUT2D eigenvalue weighted by Gasteiger charge is -2.35. The normalized spacial score (nSPS) is 16.9. The van der Waals surface area contributed by atoms with Crippen LogP contribution >= 0.6 is 11.6 Å². The van der Waals surface area contributed by atoms with Crippen LogP contribution in [-0.2, 0) is 13.5 Å². The van der Waals surface area contributed by atoms with Gasteiger partial charge in [-0.15, -0.1) is 0 Å². The molecule has 5 nitrogen and oxygen atoms in total. The molecule has 1 aliphatic rings. The molecular weight excluding hydrogens is 372 g/mol. The van der Waals surface area contributed by atoms with Gasteiger partial charge in [0.25, 0.3) is 5.91 Å². The minimum absolute atomic E-state index is 0.0398. The van der Waals surface area contributed by atoms with Gasteiger partial charge in [-0.05, 0) is 42.5 Å². The van der Waals surface area contributed by atoms with Gasteiger partial charge in [-0.2, -0.15) is 5.10 Å². The maximum Gasteiger partial charge on any atom is 0.257 e. The molecular formula is C22H23ClN4O. The number of carbonyl (C=O) groups excluding carboxylic acids is 1. The largest absolute Gasteiger partial charge is 0.331 e. The molecule has 1 amide bonds. The summed E-state index contributed by atoms with van der Waals surface area (Å²) in [6.45, 7) is 0.764. The number of aromatic nitrogens is 3. The standard InChI is InChI=1S/C22H23ClN4O/c1-26-15-18(14-25-26)22(28)27-11-5-4-8-21(27)17-9-10-19(24-13-17)12-16-6-2-3-7-20(16)23/h2-3,6-7,9-10,13-15,21H,4-5,8,11-12H2,1H3/t21-/m1/s1. The summed E-state index contributed by atoms with van der Waals surface area (Å²) in [5, 5.41) is 4.89. The summed E-state index contributed by atoms with van der Waals surface area (Å²) in [6.07, 6.45) is 9.12. The van der Waals surface area contributed by atoms with E-state index in [1.807, 2.05) is 48.5 Å². The molecule has 4 rings (SSSR count). The summed E-state index contributed by atoms with van der Waals surface area (Å²) in [4.78, 5) is 19.6. The molecule has 1 atom stereocenters. The highest BCUT2D eigenvalue weighted by molar-refractivity contribution is 6.31. The van der Waals surface area contributed by atoms with Gasteiger partial charge >= 0.3 is 0 Å². The second-order valence-electron chi connectivity index (χ2n) is 7.26. The van der Waals surface area contributed by atoms with Crippen molar-refractivity contribution in [3.63, 3.8) is 0 Å². The second kappa shape index (κ2) is 8.15. The van der Waals surface area contributed by atoms with Crippen molar-refractivity contribution in [1.29, 1.82) is 0 Å². The van der Waals surface area contributed by atoms with Crippen molar-refractivity contribution < 1.29 is 4.79 Å². The zero-order valence-electron chi connectivity index (χ0n) is 15.9. The number of hydrogen-bond acceptors (Lipinski definition) is 3. The Bertz CT molecular complexity index is 967. The van der Waals surface area contributed by atoms with E-state index < -0.39 is 0 Å². The summed E-state index contributed by atoms with van der Waals surface area (Å²) in [7, 11) is 1.83. The van der Waals surface area contributed by atoms with Crippen LogP contribution in [0.1, 0.15) is 52.5 Å². The maximum absolute atomic E-state index is 13.0. The average Bonchev–Trinajstić information content (AvgIpc) is 3.16. The van der Waals surface area contributed by atoms with Gasteiger partial charge in [0.2, 0.25) is 0 Å². The van der Waals surface area contributed by atoms with Crippen molar-refractivity contribution in [1.82, 2.24) is 19.7 Å². The third kappa shape index (κ3) is 3.94. The van der Waals surface area contributed by atoms with E-state index in [0.29, 0.717) is 12.0 Å². The van der Waals surface area contributed by atoms with Gasteiger partial charge in [0.1, 0.15) is 0 Å². The predicted octanol–water partition coefficient (Wildman–Crippen LogP) is 4.43. The van der Waals surface area contributed by atoms with Crippen LogP contribution < -0.4 is 0 Å². The van der Waals surface area contributed by atoms with E-state index in [0.717, 1.165) is 47.7 Å². The Morgan fingerprint density at radius 1 is 1.18 bits per heavy atom. The first-order valence-corrected chi connectivity index (χ1v) is 9.97. The molecule has 3 aromatic rings. The number of benzene rings is 1. The Morgan fingerprint density at radius 3 is 2.75 bits per heavy atom. The molecule has 1 fully saturated rings. The molecule has 0 radical (unpaired) electrons. The molecule has 1 aliphatic heterocycles. The fraction of sp³-hybridized carbons (Fsp3) is 0.318. The maximum atomic E-state index is 13.0. The van der Waals surface area contributed by atoms with E-state index in [1.54, 1.807) is 17.1 Å². The quantitative estimate of drug-likeness (QED) is 0.657. The molecule has 0 N–H and O–H groups in total. The van der Waals surface area contributed by atoms with Crippen LogP contribution in [0.4, 0.5) is 0 Å². The van der Waals surface area contributed by atoms with Crippen molar-refractivity contribution in [2.45, 2.75) is 31.7 Å². The van der Waals surface area contributed by atoms with Gasteiger partial charge in [-0.1, -0.05) is 35.9 Å². The summed E-state index contributed by atoms with van der Waals surface area (Å²) in [5.41, 5.74) is 3.76. The lowest BCUT2D eigenvalue weighted by atomic mass is 9.95. The Balaban J connectivity index is 1.53. The zero-order valence-corrected chi connectivity index (χ0v) is 16.6. The van der Waals surface area contributed by atoms with Crippen LogP contribution in [0, 0.1) is 0 Å². The molecule has 0 saturated carbocycles. The first kappa shape index (κ1) is 18.7. The number of halogens is 1. The van der Waals surface area contributed by atoms with Gasteiger partial charge in [0.05, 0.1) is 17.8 Å². The minimum Gasteiger partial charge on any atom is -0.331 e. The Kier molecular flexibility index (Phi) is 5.44. The minimum atomic E-state index is 0.0398.